The molecule has 0 aliphatic carbocycles. The largest absolute Gasteiger partial charge is 0.496 e. The number of benzene rings is 1. The minimum absolute atomic E-state index is 0.857. The van der Waals surface area contributed by atoms with Crippen LogP contribution in [0.15, 0.2) is 45.9 Å². The highest BCUT2D eigenvalue weighted by molar-refractivity contribution is 8.01. The van der Waals surface area contributed by atoms with Crippen molar-refractivity contribution in [2.24, 2.45) is 7.05 Å². The molecule has 3 aromatic rings. The van der Waals surface area contributed by atoms with Gasteiger partial charge in [0, 0.05) is 29.3 Å². The van der Waals surface area contributed by atoms with Gasteiger partial charge in [-0.1, -0.05) is 18.7 Å². The predicted molar refractivity (Wildman–Crippen MR) is 90.8 cm³/mol. The van der Waals surface area contributed by atoms with E-state index in [0.717, 1.165) is 23.3 Å². The molecule has 0 fully saturated rings. The normalized spacial score (nSPS) is 10.9. The van der Waals surface area contributed by atoms with E-state index in [2.05, 4.69) is 29.1 Å². The zero-order chi connectivity index (χ0) is 15.5. The molecule has 0 bridgehead atoms. The van der Waals surface area contributed by atoms with Crippen molar-refractivity contribution in [1.29, 1.82) is 0 Å². The van der Waals surface area contributed by atoms with Crippen LogP contribution in [0.3, 0.4) is 0 Å². The first-order chi connectivity index (χ1) is 10.7. The summed E-state index contributed by atoms with van der Waals surface area (Å²) in [6.07, 6.45) is 6.78. The quantitative estimate of drug-likeness (QED) is 0.700. The fraction of sp³-hybridized carbons (Fsp3) is 0.250. The van der Waals surface area contributed by atoms with Crippen molar-refractivity contribution in [3.8, 4) is 16.9 Å². The second kappa shape index (κ2) is 6.54. The molecule has 0 unspecified atom stereocenters. The second-order valence-electron chi connectivity index (χ2n) is 4.79. The van der Waals surface area contributed by atoms with Crippen LogP contribution in [0.4, 0.5) is 0 Å². The number of hydrogen-bond acceptors (Lipinski definition) is 5. The zero-order valence-electron chi connectivity index (χ0n) is 12.7. The van der Waals surface area contributed by atoms with Crippen LogP contribution in [-0.2, 0) is 13.5 Å². The third-order valence-electron chi connectivity index (χ3n) is 3.24. The summed E-state index contributed by atoms with van der Waals surface area (Å²) in [4.78, 5) is 5.58. The topological polar surface area (TPSA) is 39.9 Å². The highest BCUT2D eigenvalue weighted by atomic mass is 32.2. The first-order valence-electron chi connectivity index (χ1n) is 6.99. The standard InChI is InChI=1S/C16H17N3OS2/c1-4-15-17-9-16(22-15)21-12-5-6-14(20-3)13(7-12)11-8-18-19(2)10-11/h5-10H,4H2,1-3H3. The molecule has 2 aromatic heterocycles. The van der Waals surface area contributed by atoms with Gasteiger partial charge in [-0.3, -0.25) is 4.68 Å². The Hall–Kier alpha value is -1.79. The zero-order valence-corrected chi connectivity index (χ0v) is 14.4. The molecule has 0 saturated heterocycles. The molecule has 0 radical (unpaired) electrons. The summed E-state index contributed by atoms with van der Waals surface area (Å²) in [5, 5.41) is 5.41. The number of rotatable bonds is 5. The molecule has 0 N–H and O–H groups in total. The van der Waals surface area contributed by atoms with E-state index in [9.17, 15) is 0 Å². The monoisotopic (exact) mass is 331 g/mol. The van der Waals surface area contributed by atoms with E-state index < -0.39 is 0 Å². The van der Waals surface area contributed by atoms with E-state index in [4.69, 9.17) is 4.74 Å². The Kier molecular flexibility index (Phi) is 4.49. The number of thiazole rings is 1. The van der Waals surface area contributed by atoms with Gasteiger partial charge in [0.2, 0.25) is 0 Å². The number of aromatic nitrogens is 3. The number of methoxy groups -OCH3 is 1. The molecular formula is C16H17N3OS2. The molecular weight excluding hydrogens is 314 g/mol. The highest BCUT2D eigenvalue weighted by Gasteiger charge is 2.10. The van der Waals surface area contributed by atoms with Gasteiger partial charge in [-0.2, -0.15) is 5.10 Å². The minimum Gasteiger partial charge on any atom is -0.496 e. The Bertz CT molecular complexity index is 779. The molecule has 22 heavy (non-hydrogen) atoms. The van der Waals surface area contributed by atoms with Crippen molar-refractivity contribution in [1.82, 2.24) is 14.8 Å². The van der Waals surface area contributed by atoms with Crippen LogP contribution in [0.1, 0.15) is 11.9 Å². The molecule has 0 saturated carbocycles. The maximum atomic E-state index is 5.48. The van der Waals surface area contributed by atoms with Gasteiger partial charge >= 0.3 is 0 Å². The average molecular weight is 331 g/mol. The first-order valence-corrected chi connectivity index (χ1v) is 8.62. The predicted octanol–water partition coefficient (Wildman–Crippen LogP) is 4.27. The lowest BCUT2D eigenvalue weighted by molar-refractivity contribution is 0.416. The molecule has 1 aromatic carbocycles. The van der Waals surface area contributed by atoms with Crippen molar-refractivity contribution in [2.45, 2.75) is 22.4 Å². The van der Waals surface area contributed by atoms with Crippen molar-refractivity contribution in [3.05, 3.63) is 41.8 Å². The van der Waals surface area contributed by atoms with E-state index in [1.54, 1.807) is 34.9 Å². The van der Waals surface area contributed by atoms with Gasteiger partial charge in [-0.25, -0.2) is 4.98 Å². The molecule has 0 amide bonds. The number of ether oxygens (including phenoxy) is 1. The molecule has 3 rings (SSSR count). The van der Waals surface area contributed by atoms with Crippen molar-refractivity contribution >= 4 is 23.1 Å². The van der Waals surface area contributed by atoms with E-state index in [1.165, 1.54) is 14.1 Å². The van der Waals surface area contributed by atoms with Crippen LogP contribution in [0.25, 0.3) is 11.1 Å². The molecule has 0 atom stereocenters. The third kappa shape index (κ3) is 3.18. The average Bonchev–Trinajstić information content (AvgIpc) is 3.16. The summed E-state index contributed by atoms with van der Waals surface area (Å²) >= 11 is 3.48. The van der Waals surface area contributed by atoms with Crippen molar-refractivity contribution in [2.75, 3.05) is 7.11 Å². The Morgan fingerprint density at radius 3 is 2.82 bits per heavy atom. The fourth-order valence-corrected chi connectivity index (χ4v) is 4.14. The van der Waals surface area contributed by atoms with Gasteiger partial charge in [0.25, 0.3) is 0 Å². The third-order valence-corrected chi connectivity index (χ3v) is 5.47. The van der Waals surface area contributed by atoms with E-state index in [-0.39, 0.29) is 0 Å². The van der Waals surface area contributed by atoms with Crippen LogP contribution in [0.5, 0.6) is 5.75 Å². The summed E-state index contributed by atoms with van der Waals surface area (Å²) in [5.74, 6) is 0.857. The Labute approximate surface area is 138 Å². The number of hydrogen-bond donors (Lipinski definition) is 0. The van der Waals surface area contributed by atoms with Crippen molar-refractivity contribution < 1.29 is 4.74 Å². The van der Waals surface area contributed by atoms with Gasteiger partial charge in [0.05, 0.1) is 28.7 Å². The van der Waals surface area contributed by atoms with Gasteiger partial charge in [0.15, 0.2) is 0 Å². The van der Waals surface area contributed by atoms with Crippen LogP contribution in [0.2, 0.25) is 0 Å². The number of nitrogens with zero attached hydrogens (tertiary/aromatic N) is 3. The maximum absolute atomic E-state index is 5.48. The van der Waals surface area contributed by atoms with Crippen LogP contribution in [-0.4, -0.2) is 21.9 Å². The fourth-order valence-electron chi connectivity index (χ4n) is 2.16. The van der Waals surface area contributed by atoms with E-state index >= 15 is 0 Å². The SMILES string of the molecule is CCc1ncc(Sc2ccc(OC)c(-c3cnn(C)c3)c2)s1. The summed E-state index contributed by atoms with van der Waals surface area (Å²) in [5.41, 5.74) is 2.11. The molecule has 0 aliphatic rings. The summed E-state index contributed by atoms with van der Waals surface area (Å²) in [7, 11) is 3.61. The smallest absolute Gasteiger partial charge is 0.126 e. The van der Waals surface area contributed by atoms with E-state index in [1.807, 2.05) is 31.7 Å². The van der Waals surface area contributed by atoms with Gasteiger partial charge in [-0.15, -0.1) is 11.3 Å². The lowest BCUT2D eigenvalue weighted by atomic mass is 10.1. The summed E-state index contributed by atoms with van der Waals surface area (Å²) in [6.45, 7) is 2.13. The minimum atomic E-state index is 0.857. The first kappa shape index (κ1) is 15.1. The molecule has 2 heterocycles. The van der Waals surface area contributed by atoms with Gasteiger partial charge in [-0.05, 0) is 24.6 Å². The molecule has 4 nitrogen and oxygen atoms in total. The summed E-state index contributed by atoms with van der Waals surface area (Å²) in [6, 6.07) is 6.23. The summed E-state index contributed by atoms with van der Waals surface area (Å²) < 4.78 is 8.48. The molecule has 0 spiro atoms. The molecule has 6 heteroatoms. The Balaban J connectivity index is 1.92. The van der Waals surface area contributed by atoms with Crippen LogP contribution < -0.4 is 4.74 Å². The van der Waals surface area contributed by atoms with Gasteiger partial charge < -0.3 is 4.74 Å². The van der Waals surface area contributed by atoms with Crippen LogP contribution in [0, 0.1) is 0 Å². The highest BCUT2D eigenvalue weighted by Crippen LogP contribution is 2.38. The van der Waals surface area contributed by atoms with Crippen LogP contribution >= 0.6 is 23.1 Å². The Morgan fingerprint density at radius 1 is 1.32 bits per heavy atom. The lowest BCUT2D eigenvalue weighted by Gasteiger charge is -2.08. The number of aryl methyl sites for hydroxylation is 2. The maximum Gasteiger partial charge on any atom is 0.126 e. The molecule has 114 valence electrons. The second-order valence-corrected chi connectivity index (χ2v) is 7.28. The Morgan fingerprint density at radius 2 is 2.18 bits per heavy atom. The van der Waals surface area contributed by atoms with Gasteiger partial charge in [0.1, 0.15) is 5.75 Å². The van der Waals surface area contributed by atoms with E-state index in [0.29, 0.717) is 0 Å². The molecule has 0 aliphatic heterocycles. The lowest BCUT2D eigenvalue weighted by Crippen LogP contribution is -1.88. The van der Waals surface area contributed by atoms with Crippen molar-refractivity contribution in [3.63, 3.8) is 0 Å².